The number of anilines is 1. The van der Waals surface area contributed by atoms with Crippen LogP contribution in [0.5, 0.6) is 0 Å². The Hall–Kier alpha value is -2.14. The number of carboxylic acid groups (broad SMARTS) is 1. The molecule has 2 aromatic rings. The molecule has 2 N–H and O–H groups in total. The van der Waals surface area contributed by atoms with Gasteiger partial charge in [0, 0.05) is 11.1 Å². The molecule has 4 nitrogen and oxygen atoms in total. The molecule has 0 radical (unpaired) electrons. The summed E-state index contributed by atoms with van der Waals surface area (Å²) in [5.41, 5.74) is 2.04. The molecule has 0 unspecified atom stereocenters. The van der Waals surface area contributed by atoms with Gasteiger partial charge in [0.1, 0.15) is 0 Å². The summed E-state index contributed by atoms with van der Waals surface area (Å²) in [6.07, 6.45) is 0. The minimum Gasteiger partial charge on any atom is -0.478 e. The second kappa shape index (κ2) is 5.01. The van der Waals surface area contributed by atoms with Crippen molar-refractivity contribution in [3.8, 4) is 0 Å². The van der Waals surface area contributed by atoms with Gasteiger partial charge in [-0.1, -0.05) is 0 Å². The summed E-state index contributed by atoms with van der Waals surface area (Å²) < 4.78 is 0. The van der Waals surface area contributed by atoms with E-state index in [1.54, 1.807) is 30.5 Å². The number of aryl methyl sites for hydroxylation is 1. The Labute approximate surface area is 108 Å². The van der Waals surface area contributed by atoms with Crippen molar-refractivity contribution in [1.29, 1.82) is 0 Å². The second-order valence-electron chi connectivity index (χ2n) is 3.80. The zero-order chi connectivity index (χ0) is 13.1. The van der Waals surface area contributed by atoms with Gasteiger partial charge in [-0.05, 0) is 42.1 Å². The molecule has 5 heteroatoms. The fourth-order valence-electron chi connectivity index (χ4n) is 1.58. The number of hydrogen-bond donors (Lipinski definition) is 2. The molecule has 0 aliphatic carbocycles. The van der Waals surface area contributed by atoms with Gasteiger partial charge in [-0.25, -0.2) is 4.79 Å². The maximum Gasteiger partial charge on any atom is 0.335 e. The highest BCUT2D eigenvalue weighted by Crippen LogP contribution is 2.16. The molecule has 0 atom stereocenters. The topological polar surface area (TPSA) is 66.4 Å². The summed E-state index contributed by atoms with van der Waals surface area (Å²) in [5.74, 6) is -1.16. The van der Waals surface area contributed by atoms with Crippen LogP contribution in [0.3, 0.4) is 0 Å². The number of carboxylic acids is 1. The first-order valence-electron chi connectivity index (χ1n) is 5.25. The quantitative estimate of drug-likeness (QED) is 0.892. The number of amides is 1. The van der Waals surface area contributed by atoms with Crippen LogP contribution in [-0.4, -0.2) is 17.0 Å². The van der Waals surface area contributed by atoms with Crippen LogP contribution in [0, 0.1) is 6.92 Å². The Morgan fingerprint density at radius 2 is 2.06 bits per heavy atom. The minimum absolute atomic E-state index is 0.196. The standard InChI is InChI=1S/C13H11NO3S/c1-8-6-10(2-3-11(8)13(16)17)14-12(15)9-4-5-18-7-9/h2-7H,1H3,(H,14,15)(H,16,17). The van der Waals surface area contributed by atoms with Crippen molar-refractivity contribution in [2.45, 2.75) is 6.92 Å². The summed E-state index contributed by atoms with van der Waals surface area (Å²) in [4.78, 5) is 22.6. The molecule has 0 aliphatic rings. The van der Waals surface area contributed by atoms with Gasteiger partial charge < -0.3 is 10.4 Å². The third-order valence-corrected chi connectivity index (χ3v) is 3.18. The lowest BCUT2D eigenvalue weighted by Crippen LogP contribution is -2.11. The summed E-state index contributed by atoms with van der Waals surface area (Å²) in [5, 5.41) is 15.2. The van der Waals surface area contributed by atoms with E-state index in [0.717, 1.165) is 0 Å². The maximum atomic E-state index is 11.8. The van der Waals surface area contributed by atoms with Gasteiger partial charge in [0.05, 0.1) is 11.1 Å². The first-order valence-corrected chi connectivity index (χ1v) is 6.19. The van der Waals surface area contributed by atoms with E-state index in [1.165, 1.54) is 17.4 Å². The molecule has 18 heavy (non-hydrogen) atoms. The highest BCUT2D eigenvalue weighted by molar-refractivity contribution is 7.08. The van der Waals surface area contributed by atoms with Crippen molar-refractivity contribution in [2.24, 2.45) is 0 Å². The Bertz CT molecular complexity index is 590. The molecule has 0 spiro atoms. The van der Waals surface area contributed by atoms with E-state index in [4.69, 9.17) is 5.11 Å². The number of thiophene rings is 1. The summed E-state index contributed by atoms with van der Waals surface area (Å²) in [6.45, 7) is 1.70. The van der Waals surface area contributed by atoms with Gasteiger partial charge in [-0.3, -0.25) is 4.79 Å². The van der Waals surface area contributed by atoms with Crippen molar-refractivity contribution >= 4 is 28.9 Å². The van der Waals surface area contributed by atoms with Gasteiger partial charge >= 0.3 is 5.97 Å². The lowest BCUT2D eigenvalue weighted by atomic mass is 10.1. The zero-order valence-corrected chi connectivity index (χ0v) is 10.5. The van der Waals surface area contributed by atoms with E-state index < -0.39 is 5.97 Å². The van der Waals surface area contributed by atoms with Gasteiger partial charge in [0.2, 0.25) is 0 Å². The number of rotatable bonds is 3. The van der Waals surface area contributed by atoms with Crippen molar-refractivity contribution in [3.63, 3.8) is 0 Å². The lowest BCUT2D eigenvalue weighted by molar-refractivity contribution is 0.0696. The van der Waals surface area contributed by atoms with Crippen LogP contribution in [0.1, 0.15) is 26.3 Å². The minimum atomic E-state index is -0.969. The lowest BCUT2D eigenvalue weighted by Gasteiger charge is -2.06. The van der Waals surface area contributed by atoms with Gasteiger partial charge in [-0.15, -0.1) is 0 Å². The molecule has 0 saturated heterocycles. The number of benzene rings is 1. The number of aromatic carboxylic acids is 1. The predicted octanol–water partition coefficient (Wildman–Crippen LogP) is 3.01. The molecule has 92 valence electrons. The predicted molar refractivity (Wildman–Crippen MR) is 70.4 cm³/mol. The van der Waals surface area contributed by atoms with Crippen molar-refractivity contribution in [3.05, 3.63) is 51.7 Å². The number of carbonyl (C=O) groups excluding carboxylic acids is 1. The fourth-order valence-corrected chi connectivity index (χ4v) is 2.21. The Morgan fingerprint density at radius 1 is 1.28 bits per heavy atom. The van der Waals surface area contributed by atoms with Gasteiger partial charge in [0.15, 0.2) is 0 Å². The van der Waals surface area contributed by atoms with Crippen LogP contribution >= 0.6 is 11.3 Å². The Kier molecular flexibility index (Phi) is 3.43. The summed E-state index contributed by atoms with van der Waals surface area (Å²) in [6, 6.07) is 6.45. The molecule has 0 bridgehead atoms. The molecule has 0 fully saturated rings. The average Bonchev–Trinajstić information content (AvgIpc) is 2.81. The third-order valence-electron chi connectivity index (χ3n) is 2.50. The molecule has 1 aromatic carbocycles. The normalized spacial score (nSPS) is 10.1. The number of carbonyl (C=O) groups is 2. The monoisotopic (exact) mass is 261 g/mol. The largest absolute Gasteiger partial charge is 0.478 e. The molecule has 1 amide bonds. The smallest absolute Gasteiger partial charge is 0.335 e. The van der Waals surface area contributed by atoms with Crippen LogP contribution in [0.15, 0.2) is 35.0 Å². The molecule has 0 aliphatic heterocycles. The number of hydrogen-bond acceptors (Lipinski definition) is 3. The SMILES string of the molecule is Cc1cc(NC(=O)c2ccsc2)ccc1C(=O)O. The van der Waals surface area contributed by atoms with Crippen LogP contribution < -0.4 is 5.32 Å². The van der Waals surface area contributed by atoms with Crippen LogP contribution in [0.2, 0.25) is 0 Å². The zero-order valence-electron chi connectivity index (χ0n) is 9.64. The van der Waals surface area contributed by atoms with Crippen LogP contribution in [0.25, 0.3) is 0 Å². The van der Waals surface area contributed by atoms with Crippen LogP contribution in [0.4, 0.5) is 5.69 Å². The molecular weight excluding hydrogens is 250 g/mol. The Balaban J connectivity index is 2.18. The van der Waals surface area contributed by atoms with E-state index in [-0.39, 0.29) is 11.5 Å². The Morgan fingerprint density at radius 3 is 2.61 bits per heavy atom. The molecule has 1 aromatic heterocycles. The van der Waals surface area contributed by atoms with Crippen molar-refractivity contribution in [2.75, 3.05) is 5.32 Å². The van der Waals surface area contributed by atoms with Gasteiger partial charge in [-0.2, -0.15) is 11.3 Å². The van der Waals surface area contributed by atoms with Crippen molar-refractivity contribution < 1.29 is 14.7 Å². The van der Waals surface area contributed by atoms with E-state index >= 15 is 0 Å². The molecular formula is C13H11NO3S. The summed E-state index contributed by atoms with van der Waals surface area (Å²) in [7, 11) is 0. The van der Waals surface area contributed by atoms with Crippen LogP contribution in [-0.2, 0) is 0 Å². The maximum absolute atomic E-state index is 11.8. The fraction of sp³-hybridized carbons (Fsp3) is 0.0769. The average molecular weight is 261 g/mol. The van der Waals surface area contributed by atoms with E-state index in [9.17, 15) is 9.59 Å². The van der Waals surface area contributed by atoms with E-state index in [2.05, 4.69) is 5.32 Å². The molecule has 0 saturated carbocycles. The molecule has 2 rings (SSSR count). The first-order chi connectivity index (χ1) is 8.58. The summed E-state index contributed by atoms with van der Waals surface area (Å²) >= 11 is 1.45. The second-order valence-corrected chi connectivity index (χ2v) is 4.58. The molecule has 1 heterocycles. The van der Waals surface area contributed by atoms with Crippen molar-refractivity contribution in [1.82, 2.24) is 0 Å². The van der Waals surface area contributed by atoms with Gasteiger partial charge in [0.25, 0.3) is 5.91 Å². The highest BCUT2D eigenvalue weighted by Gasteiger charge is 2.10. The van der Waals surface area contributed by atoms with E-state index in [0.29, 0.717) is 16.8 Å². The third kappa shape index (κ3) is 2.57. The highest BCUT2D eigenvalue weighted by atomic mass is 32.1. The number of nitrogens with one attached hydrogen (secondary N) is 1. The van der Waals surface area contributed by atoms with E-state index in [1.807, 2.05) is 5.38 Å². The first kappa shape index (κ1) is 12.3.